The molecule has 0 aromatic heterocycles. The lowest BCUT2D eigenvalue weighted by Crippen LogP contribution is -2.34. The molecule has 0 unspecified atom stereocenters. The summed E-state index contributed by atoms with van der Waals surface area (Å²) in [6.45, 7) is 8.52. The molecule has 1 aliphatic rings. The van der Waals surface area contributed by atoms with Crippen molar-refractivity contribution in [1.29, 1.82) is 5.26 Å². The summed E-state index contributed by atoms with van der Waals surface area (Å²) >= 11 is 0. The van der Waals surface area contributed by atoms with Gasteiger partial charge in [0.05, 0.1) is 0 Å². The first-order valence-corrected chi connectivity index (χ1v) is 6.17. The van der Waals surface area contributed by atoms with Crippen LogP contribution in [0.5, 0.6) is 0 Å². The van der Waals surface area contributed by atoms with Crippen LogP contribution in [0.1, 0.15) is 23.6 Å². The van der Waals surface area contributed by atoms with E-state index < -0.39 is 0 Å². The molecule has 0 aliphatic carbocycles. The molecule has 1 aromatic rings. The van der Waals surface area contributed by atoms with Gasteiger partial charge >= 0.3 is 0 Å². The summed E-state index contributed by atoms with van der Waals surface area (Å²) in [6, 6.07) is 6.51. The van der Waals surface area contributed by atoms with E-state index in [1.54, 1.807) is 0 Å². The Bertz CT molecular complexity index is 552. The molecule has 2 rings (SSSR count). The largest absolute Gasteiger partial charge is 0.344 e. The van der Waals surface area contributed by atoms with Gasteiger partial charge in [-0.2, -0.15) is 5.26 Å². The number of rotatable bonds is 1. The van der Waals surface area contributed by atoms with E-state index in [-0.39, 0.29) is 6.17 Å². The summed E-state index contributed by atoms with van der Waals surface area (Å²) in [6.07, 6.45) is 2.11. The standard InChI is InChI=1S/C15H19N3/c1-10-6-7-15(12(3)11(10)2)18-9-14(8-16)17(5)13(18)4/h6-7,9,13H,1-5H3/t13-/m0/s1. The molecule has 18 heavy (non-hydrogen) atoms. The quantitative estimate of drug-likeness (QED) is 0.757. The third kappa shape index (κ3) is 1.74. The van der Waals surface area contributed by atoms with Crippen LogP contribution in [0.15, 0.2) is 24.0 Å². The highest BCUT2D eigenvalue weighted by Crippen LogP contribution is 2.32. The Morgan fingerprint density at radius 2 is 1.83 bits per heavy atom. The van der Waals surface area contributed by atoms with Crippen molar-refractivity contribution in [3.8, 4) is 6.07 Å². The van der Waals surface area contributed by atoms with Crippen LogP contribution in [-0.2, 0) is 0 Å². The first-order chi connectivity index (χ1) is 8.47. The smallest absolute Gasteiger partial charge is 0.134 e. The van der Waals surface area contributed by atoms with Crippen molar-refractivity contribution in [3.63, 3.8) is 0 Å². The van der Waals surface area contributed by atoms with E-state index in [9.17, 15) is 0 Å². The van der Waals surface area contributed by atoms with Crippen LogP contribution in [0.3, 0.4) is 0 Å². The fourth-order valence-electron chi connectivity index (χ4n) is 2.32. The summed E-state index contributed by atoms with van der Waals surface area (Å²) in [5.74, 6) is 0. The summed E-state index contributed by atoms with van der Waals surface area (Å²) < 4.78 is 0. The minimum atomic E-state index is 0.181. The fourth-order valence-corrected chi connectivity index (χ4v) is 2.32. The highest BCUT2D eigenvalue weighted by Gasteiger charge is 2.27. The lowest BCUT2D eigenvalue weighted by molar-refractivity contribution is 0.367. The van der Waals surface area contributed by atoms with E-state index in [2.05, 4.69) is 50.8 Å². The topological polar surface area (TPSA) is 30.3 Å². The predicted molar refractivity (Wildman–Crippen MR) is 74.1 cm³/mol. The third-order valence-corrected chi connectivity index (χ3v) is 4.03. The van der Waals surface area contributed by atoms with Gasteiger partial charge in [0, 0.05) is 18.9 Å². The maximum atomic E-state index is 9.10. The second-order valence-electron chi connectivity index (χ2n) is 4.93. The number of hydrogen-bond donors (Lipinski definition) is 0. The van der Waals surface area contributed by atoms with Crippen LogP contribution in [0.2, 0.25) is 0 Å². The van der Waals surface area contributed by atoms with Crippen molar-refractivity contribution in [2.45, 2.75) is 33.9 Å². The molecule has 3 heteroatoms. The summed E-state index contributed by atoms with van der Waals surface area (Å²) in [7, 11) is 1.95. The molecule has 0 fully saturated rings. The molecule has 3 nitrogen and oxygen atoms in total. The van der Waals surface area contributed by atoms with Crippen molar-refractivity contribution in [1.82, 2.24) is 4.90 Å². The molecule has 0 spiro atoms. The van der Waals surface area contributed by atoms with E-state index in [0.717, 1.165) is 0 Å². The van der Waals surface area contributed by atoms with Crippen LogP contribution in [0.25, 0.3) is 0 Å². The van der Waals surface area contributed by atoms with Crippen LogP contribution in [0, 0.1) is 32.1 Å². The van der Waals surface area contributed by atoms with Crippen LogP contribution >= 0.6 is 0 Å². The molecule has 1 heterocycles. The maximum Gasteiger partial charge on any atom is 0.134 e. The lowest BCUT2D eigenvalue weighted by Gasteiger charge is -2.29. The van der Waals surface area contributed by atoms with Crippen LogP contribution < -0.4 is 4.90 Å². The molecular weight excluding hydrogens is 222 g/mol. The number of nitrogens with zero attached hydrogens (tertiary/aromatic N) is 3. The zero-order valence-electron chi connectivity index (χ0n) is 11.7. The summed E-state index contributed by atoms with van der Waals surface area (Å²) in [5.41, 5.74) is 5.80. The Morgan fingerprint density at radius 3 is 2.39 bits per heavy atom. The van der Waals surface area contributed by atoms with Gasteiger partial charge in [-0.25, -0.2) is 0 Å². The summed E-state index contributed by atoms with van der Waals surface area (Å²) in [5, 5.41) is 9.10. The molecule has 0 radical (unpaired) electrons. The Morgan fingerprint density at radius 1 is 1.17 bits per heavy atom. The van der Waals surface area contributed by atoms with Crippen LogP contribution in [-0.4, -0.2) is 18.1 Å². The molecule has 0 saturated carbocycles. The normalized spacial score (nSPS) is 18.9. The fraction of sp³-hybridized carbons (Fsp3) is 0.400. The number of aryl methyl sites for hydroxylation is 1. The predicted octanol–water partition coefficient (Wildman–Crippen LogP) is 3.07. The number of anilines is 1. The average molecular weight is 241 g/mol. The molecular formula is C15H19N3. The highest BCUT2D eigenvalue weighted by molar-refractivity contribution is 5.62. The lowest BCUT2D eigenvalue weighted by atomic mass is 10.0. The van der Waals surface area contributed by atoms with E-state index in [1.165, 1.54) is 22.4 Å². The molecule has 94 valence electrons. The van der Waals surface area contributed by atoms with Crippen molar-refractivity contribution in [2.24, 2.45) is 0 Å². The zero-order chi connectivity index (χ0) is 13.4. The van der Waals surface area contributed by atoms with E-state index in [4.69, 9.17) is 5.26 Å². The van der Waals surface area contributed by atoms with Gasteiger partial charge < -0.3 is 9.80 Å². The molecule has 1 aromatic carbocycles. The molecule has 0 amide bonds. The highest BCUT2D eigenvalue weighted by atomic mass is 15.4. The van der Waals surface area contributed by atoms with E-state index in [1.807, 2.05) is 18.1 Å². The number of nitriles is 1. The van der Waals surface area contributed by atoms with Crippen molar-refractivity contribution in [2.75, 3.05) is 11.9 Å². The SMILES string of the molecule is Cc1ccc(N2C=C(C#N)N(C)[C@@H]2C)c(C)c1C. The second-order valence-corrected chi connectivity index (χ2v) is 4.93. The molecule has 0 N–H and O–H groups in total. The Kier molecular flexibility index (Phi) is 3.04. The average Bonchev–Trinajstić information content (AvgIpc) is 2.64. The van der Waals surface area contributed by atoms with Crippen molar-refractivity contribution < 1.29 is 0 Å². The van der Waals surface area contributed by atoms with E-state index in [0.29, 0.717) is 5.70 Å². The minimum Gasteiger partial charge on any atom is -0.344 e. The van der Waals surface area contributed by atoms with Crippen molar-refractivity contribution >= 4 is 5.69 Å². The Hall–Kier alpha value is -1.95. The summed E-state index contributed by atoms with van der Waals surface area (Å²) in [4.78, 5) is 4.16. The van der Waals surface area contributed by atoms with Gasteiger partial charge in [-0.1, -0.05) is 6.07 Å². The number of benzene rings is 1. The van der Waals surface area contributed by atoms with Crippen LogP contribution in [0.4, 0.5) is 5.69 Å². The van der Waals surface area contributed by atoms with Gasteiger partial charge in [0.1, 0.15) is 17.9 Å². The van der Waals surface area contributed by atoms with Gasteiger partial charge in [-0.05, 0) is 50.5 Å². The molecule has 0 bridgehead atoms. The number of hydrogen-bond acceptors (Lipinski definition) is 3. The Labute approximate surface area is 109 Å². The monoisotopic (exact) mass is 241 g/mol. The first kappa shape index (κ1) is 12.5. The zero-order valence-corrected chi connectivity index (χ0v) is 11.7. The van der Waals surface area contributed by atoms with E-state index >= 15 is 0 Å². The molecule has 0 saturated heterocycles. The van der Waals surface area contributed by atoms with Gasteiger partial charge in [0.2, 0.25) is 0 Å². The Balaban J connectivity index is 2.49. The number of allylic oxidation sites excluding steroid dienone is 1. The third-order valence-electron chi connectivity index (χ3n) is 4.03. The molecule has 1 atom stereocenters. The van der Waals surface area contributed by atoms with Gasteiger partial charge in [-0.15, -0.1) is 0 Å². The first-order valence-electron chi connectivity index (χ1n) is 6.17. The van der Waals surface area contributed by atoms with Gasteiger partial charge in [0.15, 0.2) is 0 Å². The molecule has 1 aliphatic heterocycles. The van der Waals surface area contributed by atoms with Gasteiger partial charge in [0.25, 0.3) is 0 Å². The van der Waals surface area contributed by atoms with Gasteiger partial charge in [-0.3, -0.25) is 0 Å². The second kappa shape index (κ2) is 4.38. The minimum absolute atomic E-state index is 0.181. The maximum absolute atomic E-state index is 9.10. The van der Waals surface area contributed by atoms with Crippen molar-refractivity contribution in [3.05, 3.63) is 40.7 Å².